The fourth-order valence-corrected chi connectivity index (χ4v) is 5.12. The number of para-hydroxylation sites is 2. The number of amides is 2. The molecule has 2 aliphatic heterocycles. The van der Waals surface area contributed by atoms with Gasteiger partial charge in [-0.1, -0.05) is 29.8 Å². The van der Waals surface area contributed by atoms with Gasteiger partial charge in [0.25, 0.3) is 15.9 Å². The first-order chi connectivity index (χ1) is 14.4. The summed E-state index contributed by atoms with van der Waals surface area (Å²) in [6.45, 7) is 3.46. The molecule has 0 saturated carbocycles. The van der Waals surface area contributed by atoms with E-state index in [1.807, 2.05) is 6.92 Å². The second-order valence-corrected chi connectivity index (χ2v) is 9.25. The summed E-state index contributed by atoms with van der Waals surface area (Å²) >= 11 is 0. The first-order valence-electron chi connectivity index (χ1n) is 9.73. The number of anilines is 1. The largest absolute Gasteiger partial charge is 0.476 e. The molecule has 0 radical (unpaired) electrons. The zero-order valence-corrected chi connectivity index (χ0v) is 17.4. The molecule has 4 rings (SSSR count). The van der Waals surface area contributed by atoms with Gasteiger partial charge in [-0.15, -0.1) is 0 Å². The maximum absolute atomic E-state index is 13.4. The number of piperazine rings is 1. The van der Waals surface area contributed by atoms with Crippen molar-refractivity contribution >= 4 is 28.0 Å². The molecule has 1 atom stereocenters. The number of sulfonamides is 1. The lowest BCUT2D eigenvalue weighted by molar-refractivity contribution is -0.141. The molecule has 0 N–H and O–H groups in total. The van der Waals surface area contributed by atoms with Crippen LogP contribution in [0.5, 0.6) is 5.75 Å². The van der Waals surface area contributed by atoms with Gasteiger partial charge in [-0.3, -0.25) is 13.9 Å². The Morgan fingerprint density at radius 1 is 1.03 bits per heavy atom. The quantitative estimate of drug-likeness (QED) is 0.683. The number of carbonyl (C=O) groups is 2. The fraction of sp³-hybridized carbons (Fsp3) is 0.333. The van der Waals surface area contributed by atoms with Crippen LogP contribution in [-0.4, -0.2) is 69.4 Å². The first-order valence-corrected chi connectivity index (χ1v) is 11.2. The van der Waals surface area contributed by atoms with Crippen molar-refractivity contribution in [3.63, 3.8) is 0 Å². The predicted molar refractivity (Wildman–Crippen MR) is 111 cm³/mol. The maximum atomic E-state index is 13.4. The van der Waals surface area contributed by atoms with E-state index in [-0.39, 0.29) is 17.3 Å². The van der Waals surface area contributed by atoms with E-state index < -0.39 is 16.1 Å². The van der Waals surface area contributed by atoms with Crippen LogP contribution in [0.25, 0.3) is 0 Å². The Morgan fingerprint density at radius 2 is 1.70 bits per heavy atom. The van der Waals surface area contributed by atoms with Crippen molar-refractivity contribution in [3.05, 3.63) is 54.1 Å². The van der Waals surface area contributed by atoms with E-state index in [1.165, 1.54) is 4.31 Å². The molecular formula is C21H23N3O5S. The zero-order valence-electron chi connectivity index (χ0n) is 16.6. The van der Waals surface area contributed by atoms with Crippen LogP contribution < -0.4 is 9.04 Å². The average Bonchev–Trinajstić information content (AvgIpc) is 2.78. The molecular weight excluding hydrogens is 406 g/mol. The van der Waals surface area contributed by atoms with Crippen molar-refractivity contribution in [1.82, 2.24) is 9.80 Å². The minimum atomic E-state index is -3.87. The number of rotatable bonds is 4. The topological polar surface area (TPSA) is 87.2 Å². The molecule has 1 saturated heterocycles. The van der Waals surface area contributed by atoms with Gasteiger partial charge in [-0.05, 0) is 31.2 Å². The van der Waals surface area contributed by atoms with Gasteiger partial charge in [0.15, 0.2) is 6.10 Å². The van der Waals surface area contributed by atoms with E-state index in [4.69, 9.17) is 4.74 Å². The summed E-state index contributed by atoms with van der Waals surface area (Å²) in [4.78, 5) is 27.4. The minimum Gasteiger partial charge on any atom is -0.476 e. The van der Waals surface area contributed by atoms with Crippen molar-refractivity contribution in [2.45, 2.75) is 17.9 Å². The lowest BCUT2D eigenvalue weighted by Crippen LogP contribution is -2.56. The van der Waals surface area contributed by atoms with E-state index in [0.717, 1.165) is 12.0 Å². The second-order valence-electron chi connectivity index (χ2n) is 7.39. The van der Waals surface area contributed by atoms with Crippen molar-refractivity contribution in [2.75, 3.05) is 37.0 Å². The van der Waals surface area contributed by atoms with Crippen LogP contribution in [0.4, 0.5) is 5.69 Å². The molecule has 2 aromatic rings. The molecule has 30 heavy (non-hydrogen) atoms. The fourth-order valence-electron chi connectivity index (χ4n) is 3.65. The molecule has 158 valence electrons. The Kier molecular flexibility index (Phi) is 5.38. The molecule has 0 bridgehead atoms. The number of benzene rings is 2. The van der Waals surface area contributed by atoms with Crippen LogP contribution in [-0.2, 0) is 19.6 Å². The Balaban J connectivity index is 1.63. The van der Waals surface area contributed by atoms with Gasteiger partial charge in [0.2, 0.25) is 6.41 Å². The number of carbonyl (C=O) groups excluding carboxylic acids is 2. The number of ether oxygens (including phenoxy) is 1. The zero-order chi connectivity index (χ0) is 21.3. The second kappa shape index (κ2) is 7.98. The maximum Gasteiger partial charge on any atom is 0.265 e. The van der Waals surface area contributed by atoms with Crippen molar-refractivity contribution in [2.24, 2.45) is 0 Å². The summed E-state index contributed by atoms with van der Waals surface area (Å²) in [6.07, 6.45) is -0.187. The average molecular weight is 429 g/mol. The van der Waals surface area contributed by atoms with Gasteiger partial charge in [-0.2, -0.15) is 0 Å². The third-order valence-electron chi connectivity index (χ3n) is 5.39. The normalized spacial score (nSPS) is 19.1. The minimum absolute atomic E-state index is 0.111. The van der Waals surface area contributed by atoms with Crippen LogP contribution in [0, 0.1) is 6.92 Å². The molecule has 2 heterocycles. The molecule has 0 spiro atoms. The van der Waals surface area contributed by atoms with E-state index in [1.54, 1.807) is 58.3 Å². The third kappa shape index (κ3) is 3.72. The molecule has 2 amide bonds. The van der Waals surface area contributed by atoms with Crippen LogP contribution in [0.3, 0.4) is 0 Å². The highest BCUT2D eigenvalue weighted by Gasteiger charge is 2.39. The van der Waals surface area contributed by atoms with Gasteiger partial charge in [0, 0.05) is 26.2 Å². The highest BCUT2D eigenvalue weighted by molar-refractivity contribution is 7.92. The highest BCUT2D eigenvalue weighted by Crippen LogP contribution is 2.37. The lowest BCUT2D eigenvalue weighted by atomic mass is 10.2. The van der Waals surface area contributed by atoms with Crippen molar-refractivity contribution < 1.29 is 22.7 Å². The SMILES string of the molecule is Cc1ccc(S(=O)(=O)N2CC(C(=O)N3CCN(C=O)CC3)Oc3ccccc32)cc1. The summed E-state index contributed by atoms with van der Waals surface area (Å²) in [5.74, 6) is 0.0727. The van der Waals surface area contributed by atoms with E-state index in [0.29, 0.717) is 37.6 Å². The van der Waals surface area contributed by atoms with Crippen LogP contribution in [0.1, 0.15) is 5.56 Å². The summed E-state index contributed by atoms with van der Waals surface area (Å²) in [6, 6.07) is 13.4. The number of aryl methyl sites for hydroxylation is 1. The van der Waals surface area contributed by atoms with E-state index >= 15 is 0 Å². The Morgan fingerprint density at radius 3 is 2.37 bits per heavy atom. The Bertz CT molecular complexity index is 1050. The predicted octanol–water partition coefficient (Wildman–Crippen LogP) is 1.25. The van der Waals surface area contributed by atoms with E-state index in [2.05, 4.69) is 0 Å². The van der Waals surface area contributed by atoms with Gasteiger partial charge in [0.1, 0.15) is 5.75 Å². The molecule has 0 aromatic heterocycles. The standard InChI is InChI=1S/C21H23N3O5S/c1-16-6-8-17(9-7-16)30(27,28)24-14-20(29-19-5-3-2-4-18(19)24)21(26)23-12-10-22(15-25)11-13-23/h2-9,15,20H,10-14H2,1H3. The van der Waals surface area contributed by atoms with Gasteiger partial charge in [0.05, 0.1) is 17.1 Å². The van der Waals surface area contributed by atoms with Crippen molar-refractivity contribution in [1.29, 1.82) is 0 Å². The van der Waals surface area contributed by atoms with Crippen LogP contribution >= 0.6 is 0 Å². The highest BCUT2D eigenvalue weighted by atomic mass is 32.2. The molecule has 9 heteroatoms. The van der Waals surface area contributed by atoms with Gasteiger partial charge < -0.3 is 14.5 Å². The summed E-state index contributed by atoms with van der Waals surface area (Å²) in [7, 11) is -3.87. The van der Waals surface area contributed by atoms with Crippen molar-refractivity contribution in [3.8, 4) is 5.75 Å². The summed E-state index contributed by atoms with van der Waals surface area (Å²) in [5.41, 5.74) is 1.37. The summed E-state index contributed by atoms with van der Waals surface area (Å²) < 4.78 is 33.9. The Hall–Kier alpha value is -3.07. The van der Waals surface area contributed by atoms with Gasteiger partial charge in [-0.25, -0.2) is 8.42 Å². The number of fused-ring (bicyclic) bond motifs is 1. The molecule has 2 aliphatic rings. The first kappa shape index (κ1) is 20.2. The monoisotopic (exact) mass is 429 g/mol. The molecule has 0 aliphatic carbocycles. The van der Waals surface area contributed by atoms with Crippen LogP contribution in [0.2, 0.25) is 0 Å². The molecule has 1 unspecified atom stereocenters. The molecule has 1 fully saturated rings. The van der Waals surface area contributed by atoms with E-state index in [9.17, 15) is 18.0 Å². The van der Waals surface area contributed by atoms with Gasteiger partial charge >= 0.3 is 0 Å². The molecule has 8 nitrogen and oxygen atoms in total. The third-order valence-corrected chi connectivity index (χ3v) is 7.19. The number of nitrogens with zero attached hydrogens (tertiary/aromatic N) is 3. The lowest BCUT2D eigenvalue weighted by Gasteiger charge is -2.38. The molecule has 2 aromatic carbocycles. The van der Waals surface area contributed by atoms with Crippen LogP contribution in [0.15, 0.2) is 53.4 Å². The smallest absolute Gasteiger partial charge is 0.265 e. The Labute approximate surface area is 175 Å². The number of hydrogen-bond acceptors (Lipinski definition) is 5. The summed E-state index contributed by atoms with van der Waals surface area (Å²) in [5, 5.41) is 0. The number of hydrogen-bond donors (Lipinski definition) is 0.